The number of nitrogens with zero attached hydrogens (tertiary/aromatic N) is 1. The number of carbonyl (C=O) groups is 1. The second-order valence-electron chi connectivity index (χ2n) is 10.5. The summed E-state index contributed by atoms with van der Waals surface area (Å²) in [4.78, 5) is 16.5. The van der Waals surface area contributed by atoms with Gasteiger partial charge in [0.05, 0.1) is 26.2 Å². The Morgan fingerprint density at radius 3 is 2.21 bits per heavy atom. The highest BCUT2D eigenvalue weighted by Crippen LogP contribution is 2.61. The number of benzene rings is 1. The molecule has 1 aliphatic heterocycles. The normalized spacial score (nSPS) is 35.0. The Morgan fingerprint density at radius 1 is 1.10 bits per heavy atom. The van der Waals surface area contributed by atoms with Crippen LogP contribution in [0, 0.1) is 29.0 Å². The van der Waals surface area contributed by atoms with Crippen molar-refractivity contribution in [1.82, 2.24) is 5.32 Å². The molecule has 5 heteroatoms. The van der Waals surface area contributed by atoms with E-state index in [1.807, 2.05) is 12.1 Å². The Bertz CT molecular complexity index is 706. The average Bonchev–Trinajstić information content (AvgIpc) is 2.68. The Morgan fingerprint density at radius 2 is 1.66 bits per heavy atom. The van der Waals surface area contributed by atoms with Gasteiger partial charge in [-0.3, -0.25) is 4.79 Å². The standard InChI is InChI=1S/C24H34FN3O/c1-17(24-13-18-10-19(14-24)12-20(11-18)15-24)26-23(29)16-27-6-8-28(9-7-27)22-4-2-21(25)3-5-22/h2-5,17-20H,6-16H2,1H3,(H,26,29)/p+1/t17-,18?,19?,20?,24?/m0/s1. The number of carbonyl (C=O) groups excluding carboxylic acids is 1. The summed E-state index contributed by atoms with van der Waals surface area (Å²) in [6, 6.07) is 7.05. The number of quaternary nitrogens is 1. The van der Waals surface area contributed by atoms with Gasteiger partial charge in [-0.05, 0) is 92.9 Å². The van der Waals surface area contributed by atoms with Gasteiger partial charge < -0.3 is 15.1 Å². The zero-order valence-electron chi connectivity index (χ0n) is 17.6. The van der Waals surface area contributed by atoms with Crippen LogP contribution in [0.15, 0.2) is 24.3 Å². The minimum absolute atomic E-state index is 0.192. The fourth-order valence-corrected chi connectivity index (χ4v) is 7.29. The zero-order chi connectivity index (χ0) is 20.0. The summed E-state index contributed by atoms with van der Waals surface area (Å²) >= 11 is 0. The highest BCUT2D eigenvalue weighted by molar-refractivity contribution is 5.77. The predicted octanol–water partition coefficient (Wildman–Crippen LogP) is 2.25. The smallest absolute Gasteiger partial charge is 0.275 e. The summed E-state index contributed by atoms with van der Waals surface area (Å²) in [7, 11) is 0. The first kappa shape index (κ1) is 19.3. The molecule has 29 heavy (non-hydrogen) atoms. The first-order valence-electron chi connectivity index (χ1n) is 11.6. The maximum atomic E-state index is 13.1. The van der Waals surface area contributed by atoms with Crippen LogP contribution in [0.4, 0.5) is 10.1 Å². The van der Waals surface area contributed by atoms with E-state index in [2.05, 4.69) is 17.1 Å². The SMILES string of the molecule is C[C@H](NC(=O)C[NH+]1CCN(c2ccc(F)cc2)CC1)C12CC3CC(CC(C3)C1)C2. The summed E-state index contributed by atoms with van der Waals surface area (Å²) in [6.07, 6.45) is 8.35. The number of amides is 1. The molecule has 1 aromatic carbocycles. The van der Waals surface area contributed by atoms with Gasteiger partial charge in [-0.1, -0.05) is 0 Å². The van der Waals surface area contributed by atoms with Crippen LogP contribution < -0.4 is 15.1 Å². The molecule has 0 radical (unpaired) electrons. The monoisotopic (exact) mass is 400 g/mol. The number of hydrogen-bond donors (Lipinski definition) is 2. The van der Waals surface area contributed by atoms with Crippen molar-refractivity contribution >= 4 is 11.6 Å². The quantitative estimate of drug-likeness (QED) is 0.796. The third-order valence-corrected chi connectivity index (χ3v) is 8.45. The van der Waals surface area contributed by atoms with Crippen LogP contribution in [0.25, 0.3) is 0 Å². The lowest BCUT2D eigenvalue weighted by molar-refractivity contribution is -0.892. The average molecular weight is 401 g/mol. The van der Waals surface area contributed by atoms with E-state index in [9.17, 15) is 9.18 Å². The highest BCUT2D eigenvalue weighted by atomic mass is 19.1. The lowest BCUT2D eigenvalue weighted by Gasteiger charge is -2.59. The molecular weight excluding hydrogens is 365 g/mol. The zero-order valence-corrected chi connectivity index (χ0v) is 17.6. The number of piperazine rings is 1. The van der Waals surface area contributed by atoms with Crippen LogP contribution in [-0.4, -0.2) is 44.7 Å². The summed E-state index contributed by atoms with van der Waals surface area (Å²) in [5.41, 5.74) is 1.45. The van der Waals surface area contributed by atoms with Crippen molar-refractivity contribution in [3.8, 4) is 0 Å². The molecule has 1 atom stereocenters. The van der Waals surface area contributed by atoms with E-state index in [-0.39, 0.29) is 11.7 Å². The van der Waals surface area contributed by atoms with Crippen molar-refractivity contribution in [2.24, 2.45) is 23.2 Å². The first-order chi connectivity index (χ1) is 14.0. The largest absolute Gasteiger partial charge is 0.360 e. The Kier molecular flexibility index (Phi) is 5.05. The molecule has 6 rings (SSSR count). The lowest BCUT2D eigenvalue weighted by Crippen LogP contribution is -3.16. The van der Waals surface area contributed by atoms with E-state index in [4.69, 9.17) is 0 Å². The van der Waals surface area contributed by atoms with Gasteiger partial charge in [0, 0.05) is 11.7 Å². The van der Waals surface area contributed by atoms with Crippen LogP contribution >= 0.6 is 0 Å². The maximum absolute atomic E-state index is 13.1. The van der Waals surface area contributed by atoms with Gasteiger partial charge >= 0.3 is 0 Å². The molecule has 0 spiro atoms. The minimum Gasteiger partial charge on any atom is -0.360 e. The van der Waals surface area contributed by atoms with Gasteiger partial charge in [-0.2, -0.15) is 0 Å². The highest BCUT2D eigenvalue weighted by Gasteiger charge is 2.53. The van der Waals surface area contributed by atoms with Crippen molar-refractivity contribution in [2.45, 2.75) is 51.5 Å². The van der Waals surface area contributed by atoms with Gasteiger partial charge in [-0.15, -0.1) is 0 Å². The summed E-state index contributed by atoms with van der Waals surface area (Å²) in [5.74, 6) is 2.80. The Hall–Kier alpha value is -1.62. The van der Waals surface area contributed by atoms with Crippen LogP contribution in [0.5, 0.6) is 0 Å². The molecule has 5 aliphatic rings. The molecule has 158 valence electrons. The molecule has 1 heterocycles. The van der Waals surface area contributed by atoms with Gasteiger partial charge in [0.1, 0.15) is 5.82 Å². The van der Waals surface area contributed by atoms with Gasteiger partial charge in [0.15, 0.2) is 6.54 Å². The number of anilines is 1. The second kappa shape index (κ2) is 7.57. The van der Waals surface area contributed by atoms with Crippen molar-refractivity contribution < 1.29 is 14.1 Å². The molecule has 0 aromatic heterocycles. The minimum atomic E-state index is -0.192. The van der Waals surface area contributed by atoms with E-state index < -0.39 is 0 Å². The molecule has 4 bridgehead atoms. The van der Waals surface area contributed by atoms with Crippen molar-refractivity contribution in [2.75, 3.05) is 37.6 Å². The third-order valence-electron chi connectivity index (χ3n) is 8.45. The fourth-order valence-electron chi connectivity index (χ4n) is 7.29. The molecule has 1 aromatic rings. The van der Waals surface area contributed by atoms with Crippen molar-refractivity contribution in [3.63, 3.8) is 0 Å². The lowest BCUT2D eigenvalue weighted by atomic mass is 9.48. The van der Waals surface area contributed by atoms with Crippen LogP contribution in [0.1, 0.15) is 45.4 Å². The van der Waals surface area contributed by atoms with E-state index in [0.717, 1.165) is 49.6 Å². The van der Waals surface area contributed by atoms with E-state index in [1.165, 1.54) is 55.6 Å². The number of nitrogens with one attached hydrogen (secondary N) is 2. The molecule has 1 saturated heterocycles. The summed E-state index contributed by atoms with van der Waals surface area (Å²) in [6.45, 7) is 6.59. The van der Waals surface area contributed by atoms with Crippen LogP contribution in [0.2, 0.25) is 0 Å². The maximum Gasteiger partial charge on any atom is 0.275 e. The van der Waals surface area contributed by atoms with Gasteiger partial charge in [-0.25, -0.2) is 4.39 Å². The molecule has 4 aliphatic carbocycles. The van der Waals surface area contributed by atoms with Gasteiger partial charge in [0.2, 0.25) is 0 Å². The molecule has 0 unspecified atom stereocenters. The van der Waals surface area contributed by atoms with E-state index >= 15 is 0 Å². The molecule has 4 saturated carbocycles. The number of rotatable bonds is 5. The van der Waals surface area contributed by atoms with Crippen molar-refractivity contribution in [3.05, 3.63) is 30.1 Å². The second-order valence-corrected chi connectivity index (χ2v) is 10.5. The molecule has 4 nitrogen and oxygen atoms in total. The van der Waals surface area contributed by atoms with Crippen LogP contribution in [0.3, 0.4) is 0 Å². The first-order valence-corrected chi connectivity index (χ1v) is 11.6. The van der Waals surface area contributed by atoms with Gasteiger partial charge in [0.25, 0.3) is 5.91 Å². The molecule has 2 N–H and O–H groups in total. The molecule has 5 fully saturated rings. The topological polar surface area (TPSA) is 36.8 Å². The Labute approximate surface area is 173 Å². The summed E-state index contributed by atoms with van der Waals surface area (Å²) < 4.78 is 13.1. The fraction of sp³-hybridized carbons (Fsp3) is 0.708. The summed E-state index contributed by atoms with van der Waals surface area (Å²) in [5, 5.41) is 3.42. The van der Waals surface area contributed by atoms with E-state index in [0.29, 0.717) is 18.0 Å². The predicted molar refractivity (Wildman–Crippen MR) is 112 cm³/mol. The third kappa shape index (κ3) is 3.90. The number of halogens is 1. The molecule has 1 amide bonds. The number of hydrogen-bond acceptors (Lipinski definition) is 2. The Balaban J connectivity index is 1.12. The van der Waals surface area contributed by atoms with Crippen LogP contribution in [-0.2, 0) is 4.79 Å². The van der Waals surface area contributed by atoms with E-state index in [1.54, 1.807) is 0 Å². The molecular formula is C24H35FN3O+. The van der Waals surface area contributed by atoms with Crippen molar-refractivity contribution in [1.29, 1.82) is 0 Å².